The number of carbonyl (C=O) groups is 1. The first-order valence-corrected chi connectivity index (χ1v) is 10.7. The van der Waals surface area contributed by atoms with Gasteiger partial charge in [-0.05, 0) is 36.5 Å². The average molecular weight is 381 g/mol. The van der Waals surface area contributed by atoms with Crippen LogP contribution in [-0.4, -0.2) is 24.2 Å². The minimum Gasteiger partial charge on any atom is -0.465 e. The van der Waals surface area contributed by atoms with Crippen LogP contribution < -0.4 is 5.32 Å². The lowest BCUT2D eigenvalue weighted by atomic mass is 9.83. The van der Waals surface area contributed by atoms with Crippen LogP contribution in [0.4, 0.5) is 5.69 Å². The van der Waals surface area contributed by atoms with Crippen LogP contribution in [0.15, 0.2) is 30.3 Å². The van der Waals surface area contributed by atoms with Gasteiger partial charge in [0, 0.05) is 24.3 Å². The van der Waals surface area contributed by atoms with Gasteiger partial charge < -0.3 is 14.6 Å². The predicted molar refractivity (Wildman–Crippen MR) is 111 cm³/mol. The Morgan fingerprint density at radius 1 is 1.22 bits per heavy atom. The molecule has 1 fully saturated rings. The van der Waals surface area contributed by atoms with Gasteiger partial charge in [0.25, 0.3) is 0 Å². The molecule has 1 aromatic carbocycles. The number of nitrogens with one attached hydrogen (secondary N) is 1. The van der Waals surface area contributed by atoms with Crippen LogP contribution in [0.2, 0.25) is 0 Å². The molecule has 2 aliphatic rings. The number of anilines is 1. The van der Waals surface area contributed by atoms with Crippen LogP contribution in [0, 0.1) is 0 Å². The highest BCUT2D eigenvalue weighted by atomic mass is 32.1. The number of hydrogen-bond acceptors (Lipinski definition) is 4. The zero-order valence-electron chi connectivity index (χ0n) is 15.6. The molecule has 4 nitrogen and oxygen atoms in total. The number of aromatic nitrogens is 1. The van der Waals surface area contributed by atoms with E-state index in [9.17, 15) is 4.79 Å². The minimum absolute atomic E-state index is 0.229. The maximum atomic E-state index is 12.2. The summed E-state index contributed by atoms with van der Waals surface area (Å²) in [4.78, 5) is 12.9. The van der Waals surface area contributed by atoms with Gasteiger partial charge in [0.2, 0.25) is 0 Å². The van der Waals surface area contributed by atoms with Gasteiger partial charge in [0.15, 0.2) is 0 Å². The van der Waals surface area contributed by atoms with Crippen LogP contribution in [-0.2, 0) is 11.3 Å². The first-order valence-electron chi connectivity index (χ1n) is 9.85. The third-order valence-electron chi connectivity index (χ3n) is 6.01. The van der Waals surface area contributed by atoms with Crippen molar-refractivity contribution in [3.63, 3.8) is 0 Å². The summed E-state index contributed by atoms with van der Waals surface area (Å²) >= 11 is 1.61. The molecule has 1 aliphatic heterocycles. The minimum atomic E-state index is -0.229. The third kappa shape index (κ3) is 2.67. The van der Waals surface area contributed by atoms with Crippen LogP contribution in [0.5, 0.6) is 0 Å². The fraction of sp³-hybridized carbons (Fsp3) is 0.409. The van der Waals surface area contributed by atoms with Crippen molar-refractivity contribution in [1.82, 2.24) is 4.57 Å². The number of para-hydroxylation sites is 1. The van der Waals surface area contributed by atoms with Gasteiger partial charge in [-0.15, -0.1) is 11.3 Å². The van der Waals surface area contributed by atoms with Crippen molar-refractivity contribution < 1.29 is 9.53 Å². The summed E-state index contributed by atoms with van der Waals surface area (Å²) < 4.78 is 8.71. The third-order valence-corrected chi connectivity index (χ3v) is 7.14. The maximum Gasteiger partial charge on any atom is 0.348 e. The van der Waals surface area contributed by atoms with Gasteiger partial charge in [-0.2, -0.15) is 0 Å². The number of rotatable bonds is 2. The molecule has 0 atom stereocenters. The summed E-state index contributed by atoms with van der Waals surface area (Å²) in [5, 5.41) is 3.58. The molecule has 0 unspecified atom stereocenters. The van der Waals surface area contributed by atoms with Crippen LogP contribution in [0.3, 0.4) is 0 Å². The fourth-order valence-electron chi connectivity index (χ4n) is 4.79. The second kappa shape index (κ2) is 6.71. The largest absolute Gasteiger partial charge is 0.465 e. The molecule has 3 heterocycles. The lowest BCUT2D eigenvalue weighted by Crippen LogP contribution is -2.08. The van der Waals surface area contributed by atoms with E-state index in [1.807, 2.05) is 6.07 Å². The number of hydrogen-bond donors (Lipinski definition) is 1. The van der Waals surface area contributed by atoms with E-state index in [1.54, 1.807) is 11.3 Å². The quantitative estimate of drug-likeness (QED) is 0.586. The Hall–Kier alpha value is -2.27. The maximum absolute atomic E-state index is 12.2. The fourth-order valence-corrected chi connectivity index (χ4v) is 5.99. The van der Waals surface area contributed by atoms with Crippen molar-refractivity contribution in [3.8, 4) is 11.3 Å². The predicted octanol–water partition coefficient (Wildman–Crippen LogP) is 5.63. The molecule has 2 aromatic heterocycles. The van der Waals surface area contributed by atoms with E-state index in [0.717, 1.165) is 13.1 Å². The number of thiophene rings is 1. The Morgan fingerprint density at radius 2 is 2.04 bits per heavy atom. The number of benzene rings is 1. The molecule has 0 saturated heterocycles. The number of fused-ring (bicyclic) bond motifs is 5. The van der Waals surface area contributed by atoms with Gasteiger partial charge in [-0.1, -0.05) is 37.5 Å². The zero-order chi connectivity index (χ0) is 18.4. The molecular formula is C22H24N2O2S. The number of methoxy groups -OCH3 is 1. The Bertz CT molecular complexity index is 1010. The number of carbonyl (C=O) groups excluding carboxylic acids is 1. The second-order valence-electron chi connectivity index (χ2n) is 7.54. The summed E-state index contributed by atoms with van der Waals surface area (Å²) in [6.45, 7) is 1.80. The van der Waals surface area contributed by atoms with Crippen LogP contribution in [0.1, 0.15) is 53.3 Å². The van der Waals surface area contributed by atoms with Gasteiger partial charge in [-0.25, -0.2) is 4.79 Å². The van der Waals surface area contributed by atoms with Crippen molar-refractivity contribution in [2.45, 2.75) is 44.6 Å². The van der Waals surface area contributed by atoms with Crippen molar-refractivity contribution in [1.29, 1.82) is 0 Å². The molecule has 0 radical (unpaired) electrons. The lowest BCUT2D eigenvalue weighted by molar-refractivity contribution is 0.0606. The molecule has 27 heavy (non-hydrogen) atoms. The van der Waals surface area contributed by atoms with E-state index in [4.69, 9.17) is 4.74 Å². The Balaban J connectivity index is 1.80. The smallest absolute Gasteiger partial charge is 0.348 e. The molecular weight excluding hydrogens is 356 g/mol. The van der Waals surface area contributed by atoms with E-state index in [-0.39, 0.29) is 5.97 Å². The Labute approximate surface area is 163 Å². The highest BCUT2D eigenvalue weighted by Crippen LogP contribution is 2.48. The molecule has 0 spiro atoms. The van der Waals surface area contributed by atoms with Gasteiger partial charge in [0.1, 0.15) is 4.88 Å². The van der Waals surface area contributed by atoms with Crippen LogP contribution >= 0.6 is 11.3 Å². The molecule has 1 saturated carbocycles. The van der Waals surface area contributed by atoms with Crippen LogP contribution in [0.25, 0.3) is 21.5 Å². The van der Waals surface area contributed by atoms with Crippen molar-refractivity contribution in [3.05, 3.63) is 40.8 Å². The molecule has 5 rings (SSSR count). The van der Waals surface area contributed by atoms with Gasteiger partial charge in [0.05, 0.1) is 23.0 Å². The van der Waals surface area contributed by atoms with Crippen molar-refractivity contribution in [2.75, 3.05) is 19.0 Å². The molecule has 1 N–H and O–H groups in total. The molecule has 0 amide bonds. The number of nitrogens with zero attached hydrogens (tertiary/aromatic N) is 1. The monoisotopic (exact) mass is 380 g/mol. The van der Waals surface area contributed by atoms with Gasteiger partial charge in [-0.3, -0.25) is 0 Å². The number of ether oxygens (including phenoxy) is 1. The topological polar surface area (TPSA) is 43.3 Å². The normalized spacial score (nSPS) is 17.1. The summed E-state index contributed by atoms with van der Waals surface area (Å²) in [6.07, 6.45) is 6.42. The highest BCUT2D eigenvalue weighted by Gasteiger charge is 2.30. The molecule has 0 bridgehead atoms. The standard InChI is InChI=1S/C22H24N2O2S/c1-26-22(25)18-13-17-21(27-18)19(14-7-3-2-4-8-14)20-15-9-5-6-10-16(15)23-11-12-24(17)20/h5-6,9-10,13-14,23H,2-4,7-8,11-12H2,1H3. The van der Waals surface area contributed by atoms with E-state index >= 15 is 0 Å². The van der Waals surface area contributed by atoms with E-state index in [2.05, 4.69) is 34.1 Å². The van der Waals surface area contributed by atoms with E-state index in [1.165, 1.54) is 71.9 Å². The van der Waals surface area contributed by atoms with Crippen molar-refractivity contribution in [2.24, 2.45) is 0 Å². The summed E-state index contributed by atoms with van der Waals surface area (Å²) in [5.41, 5.74) is 6.51. The lowest BCUT2D eigenvalue weighted by Gasteiger charge is -2.23. The first kappa shape index (κ1) is 16.9. The zero-order valence-corrected chi connectivity index (χ0v) is 16.4. The molecule has 5 heteroatoms. The second-order valence-corrected chi connectivity index (χ2v) is 8.59. The number of esters is 1. The van der Waals surface area contributed by atoms with E-state index < -0.39 is 0 Å². The molecule has 1 aliphatic carbocycles. The van der Waals surface area contributed by atoms with Gasteiger partial charge >= 0.3 is 5.97 Å². The molecule has 140 valence electrons. The summed E-state index contributed by atoms with van der Waals surface area (Å²) in [6, 6.07) is 10.7. The molecule has 3 aromatic rings. The van der Waals surface area contributed by atoms with E-state index in [0.29, 0.717) is 10.8 Å². The summed E-state index contributed by atoms with van der Waals surface area (Å²) in [7, 11) is 1.46. The Kier molecular flexibility index (Phi) is 4.20. The highest BCUT2D eigenvalue weighted by molar-refractivity contribution is 7.21. The SMILES string of the molecule is COC(=O)c1cc2c(s1)c(C1CCCCC1)c1n2CCNc2ccccc2-1. The summed E-state index contributed by atoms with van der Waals surface area (Å²) in [5.74, 6) is 0.347. The Morgan fingerprint density at radius 3 is 2.85 bits per heavy atom. The average Bonchev–Trinajstić information content (AvgIpc) is 3.20. The first-order chi connectivity index (χ1) is 13.3. The van der Waals surface area contributed by atoms with Crippen molar-refractivity contribution >= 4 is 33.2 Å².